The molecular formula is C12H14O4. The van der Waals surface area contributed by atoms with E-state index in [4.69, 9.17) is 14.6 Å². The monoisotopic (exact) mass is 222 g/mol. The Labute approximate surface area is 94.1 Å². The van der Waals surface area contributed by atoms with E-state index in [1.54, 1.807) is 13.2 Å². The first-order chi connectivity index (χ1) is 7.72. The van der Waals surface area contributed by atoms with Gasteiger partial charge in [0.25, 0.3) is 0 Å². The Balaban J connectivity index is 2.60. The van der Waals surface area contributed by atoms with Crippen molar-refractivity contribution >= 4 is 12.0 Å². The molecule has 0 saturated heterocycles. The highest BCUT2D eigenvalue weighted by Crippen LogP contribution is 2.08. The van der Waals surface area contributed by atoms with Gasteiger partial charge in [-0.1, -0.05) is 18.2 Å². The Morgan fingerprint density at radius 3 is 3.00 bits per heavy atom. The molecule has 1 aromatic carbocycles. The van der Waals surface area contributed by atoms with Crippen LogP contribution >= 0.6 is 0 Å². The molecule has 4 nitrogen and oxygen atoms in total. The summed E-state index contributed by atoms with van der Waals surface area (Å²) in [5.41, 5.74) is 1.81. The van der Waals surface area contributed by atoms with E-state index >= 15 is 0 Å². The highest BCUT2D eigenvalue weighted by atomic mass is 16.7. The zero-order valence-corrected chi connectivity index (χ0v) is 9.05. The number of rotatable bonds is 6. The van der Waals surface area contributed by atoms with Crippen LogP contribution in [0.4, 0.5) is 0 Å². The van der Waals surface area contributed by atoms with Crippen LogP contribution in [-0.4, -0.2) is 25.0 Å². The predicted octanol–water partition coefficient (Wildman–Crippen LogP) is 1.90. The molecule has 0 aliphatic heterocycles. The summed E-state index contributed by atoms with van der Waals surface area (Å²) in [6.45, 7) is 0.692. The smallest absolute Gasteiger partial charge is 0.328 e. The summed E-state index contributed by atoms with van der Waals surface area (Å²) in [5.74, 6) is -0.957. The van der Waals surface area contributed by atoms with Crippen molar-refractivity contribution in [3.05, 3.63) is 41.5 Å². The van der Waals surface area contributed by atoms with E-state index in [1.165, 1.54) is 0 Å². The highest BCUT2D eigenvalue weighted by Gasteiger charge is 1.95. The zero-order valence-electron chi connectivity index (χ0n) is 9.05. The molecule has 0 fully saturated rings. The van der Waals surface area contributed by atoms with Gasteiger partial charge in [0.1, 0.15) is 6.79 Å². The van der Waals surface area contributed by atoms with Crippen LogP contribution in [0.5, 0.6) is 0 Å². The van der Waals surface area contributed by atoms with Crippen LogP contribution in [0.2, 0.25) is 0 Å². The van der Waals surface area contributed by atoms with Gasteiger partial charge in [0.2, 0.25) is 0 Å². The Kier molecular flexibility index (Phi) is 5.25. The van der Waals surface area contributed by atoms with Crippen LogP contribution in [0.15, 0.2) is 30.3 Å². The quantitative estimate of drug-likeness (QED) is 0.454. The Hall–Kier alpha value is -1.65. The summed E-state index contributed by atoms with van der Waals surface area (Å²) in [5, 5.41) is 8.49. The summed E-state index contributed by atoms with van der Waals surface area (Å²) in [6, 6.07) is 7.47. The molecule has 0 saturated carbocycles. The van der Waals surface area contributed by atoms with Gasteiger partial charge in [-0.25, -0.2) is 4.79 Å². The van der Waals surface area contributed by atoms with Crippen molar-refractivity contribution in [3.63, 3.8) is 0 Å². The average Bonchev–Trinajstić information content (AvgIpc) is 2.27. The van der Waals surface area contributed by atoms with Crippen molar-refractivity contribution < 1.29 is 19.4 Å². The summed E-state index contributed by atoms with van der Waals surface area (Å²) in [4.78, 5) is 10.3. The third-order valence-electron chi connectivity index (χ3n) is 1.84. The molecule has 0 spiro atoms. The van der Waals surface area contributed by atoms with E-state index in [0.29, 0.717) is 6.61 Å². The number of methoxy groups -OCH3 is 1. The minimum atomic E-state index is -0.957. The van der Waals surface area contributed by atoms with E-state index < -0.39 is 5.97 Å². The molecule has 4 heteroatoms. The van der Waals surface area contributed by atoms with Crippen molar-refractivity contribution in [1.82, 2.24) is 0 Å². The Morgan fingerprint density at radius 1 is 1.50 bits per heavy atom. The average molecular weight is 222 g/mol. The van der Waals surface area contributed by atoms with Gasteiger partial charge in [-0.05, 0) is 23.3 Å². The lowest BCUT2D eigenvalue weighted by Gasteiger charge is -2.03. The predicted molar refractivity (Wildman–Crippen MR) is 59.8 cm³/mol. The number of benzene rings is 1. The molecule has 0 radical (unpaired) electrons. The van der Waals surface area contributed by atoms with Crippen LogP contribution in [-0.2, 0) is 20.9 Å². The van der Waals surface area contributed by atoms with Gasteiger partial charge < -0.3 is 14.6 Å². The lowest BCUT2D eigenvalue weighted by atomic mass is 10.1. The Bertz CT molecular complexity index is 371. The first-order valence-corrected chi connectivity index (χ1v) is 4.79. The SMILES string of the molecule is COCOCc1cccc(C=CC(=O)O)c1. The first-order valence-electron chi connectivity index (χ1n) is 4.79. The zero-order chi connectivity index (χ0) is 11.8. The van der Waals surface area contributed by atoms with Crippen LogP contribution in [0.3, 0.4) is 0 Å². The number of hydrogen-bond acceptors (Lipinski definition) is 3. The summed E-state index contributed by atoms with van der Waals surface area (Å²) < 4.78 is 9.95. The molecule has 1 N–H and O–H groups in total. The number of hydrogen-bond donors (Lipinski definition) is 1. The molecule has 0 amide bonds. The molecule has 0 unspecified atom stereocenters. The van der Waals surface area contributed by atoms with Gasteiger partial charge in [0.05, 0.1) is 6.61 Å². The second kappa shape index (κ2) is 6.76. The molecule has 1 rings (SSSR count). The summed E-state index contributed by atoms with van der Waals surface area (Å²) >= 11 is 0. The minimum Gasteiger partial charge on any atom is -0.478 e. The summed E-state index contributed by atoms with van der Waals surface area (Å²) in [7, 11) is 1.56. The van der Waals surface area contributed by atoms with Gasteiger partial charge in [0.15, 0.2) is 0 Å². The molecule has 16 heavy (non-hydrogen) atoms. The van der Waals surface area contributed by atoms with Gasteiger partial charge in [0, 0.05) is 13.2 Å². The lowest BCUT2D eigenvalue weighted by Crippen LogP contribution is -1.96. The van der Waals surface area contributed by atoms with Crippen molar-refractivity contribution in [2.24, 2.45) is 0 Å². The standard InChI is InChI=1S/C12H14O4/c1-15-9-16-8-11-4-2-3-10(7-11)5-6-12(13)14/h2-7H,8-9H2,1H3,(H,13,14). The minimum absolute atomic E-state index is 0.245. The fourth-order valence-corrected chi connectivity index (χ4v) is 1.20. The highest BCUT2D eigenvalue weighted by molar-refractivity contribution is 5.85. The largest absolute Gasteiger partial charge is 0.478 e. The van der Waals surface area contributed by atoms with Gasteiger partial charge in [-0.15, -0.1) is 0 Å². The Morgan fingerprint density at radius 2 is 2.31 bits per heavy atom. The van der Waals surface area contributed by atoms with E-state index in [2.05, 4.69) is 0 Å². The number of carbonyl (C=O) groups is 1. The summed E-state index contributed by atoms with van der Waals surface area (Å²) in [6.07, 6.45) is 2.65. The van der Waals surface area contributed by atoms with Crippen LogP contribution < -0.4 is 0 Å². The molecule has 0 aliphatic rings. The van der Waals surface area contributed by atoms with Crippen molar-refractivity contribution in [3.8, 4) is 0 Å². The molecule has 0 aromatic heterocycles. The maximum absolute atomic E-state index is 10.3. The number of ether oxygens (including phenoxy) is 2. The third-order valence-corrected chi connectivity index (χ3v) is 1.84. The molecule has 0 aliphatic carbocycles. The molecule has 0 heterocycles. The molecule has 1 aromatic rings. The first kappa shape index (κ1) is 12.4. The second-order valence-electron chi connectivity index (χ2n) is 3.17. The number of aliphatic carboxylic acids is 1. The van der Waals surface area contributed by atoms with Crippen LogP contribution in [0.1, 0.15) is 11.1 Å². The maximum atomic E-state index is 10.3. The lowest BCUT2D eigenvalue weighted by molar-refractivity contribution is -0.131. The van der Waals surface area contributed by atoms with Crippen molar-refractivity contribution in [1.29, 1.82) is 0 Å². The van der Waals surface area contributed by atoms with E-state index in [9.17, 15) is 4.79 Å². The fourth-order valence-electron chi connectivity index (χ4n) is 1.20. The van der Waals surface area contributed by atoms with Crippen molar-refractivity contribution in [2.75, 3.05) is 13.9 Å². The third kappa shape index (κ3) is 4.72. The van der Waals surface area contributed by atoms with Gasteiger partial charge in [-0.2, -0.15) is 0 Å². The van der Waals surface area contributed by atoms with Crippen LogP contribution in [0, 0.1) is 0 Å². The normalized spacial score (nSPS) is 10.8. The second-order valence-corrected chi connectivity index (χ2v) is 3.17. The van der Waals surface area contributed by atoms with Crippen molar-refractivity contribution in [2.45, 2.75) is 6.61 Å². The molecule has 0 atom stereocenters. The van der Waals surface area contributed by atoms with Gasteiger partial charge in [-0.3, -0.25) is 0 Å². The molecule has 0 bridgehead atoms. The topological polar surface area (TPSA) is 55.8 Å². The van der Waals surface area contributed by atoms with Gasteiger partial charge >= 0.3 is 5.97 Å². The van der Waals surface area contributed by atoms with E-state index in [1.807, 2.05) is 24.3 Å². The van der Waals surface area contributed by atoms with E-state index in [0.717, 1.165) is 17.2 Å². The molecular weight excluding hydrogens is 208 g/mol. The maximum Gasteiger partial charge on any atom is 0.328 e. The van der Waals surface area contributed by atoms with E-state index in [-0.39, 0.29) is 6.79 Å². The van der Waals surface area contributed by atoms with Crippen LogP contribution in [0.25, 0.3) is 6.08 Å². The number of carboxylic acid groups (broad SMARTS) is 1. The number of carboxylic acids is 1. The molecule has 86 valence electrons. The fraction of sp³-hybridized carbons (Fsp3) is 0.250.